The van der Waals surface area contributed by atoms with Crippen molar-refractivity contribution in [2.45, 2.75) is 19.5 Å². The van der Waals surface area contributed by atoms with Crippen LogP contribution in [0.5, 0.6) is 0 Å². The maximum Gasteiger partial charge on any atom is 0.433 e. The molecule has 0 aliphatic carbocycles. The van der Waals surface area contributed by atoms with Crippen molar-refractivity contribution in [3.63, 3.8) is 0 Å². The average Bonchev–Trinajstić information content (AvgIpc) is 3.25. The Morgan fingerprint density at radius 2 is 1.76 bits per heavy atom. The van der Waals surface area contributed by atoms with Crippen molar-refractivity contribution in [3.05, 3.63) is 92.9 Å². The molecule has 3 heterocycles. The Hall–Kier alpha value is -3.07. The number of hydrogen-bond donors (Lipinski definition) is 0. The zero-order chi connectivity index (χ0) is 26.3. The summed E-state index contributed by atoms with van der Waals surface area (Å²) in [5.74, 6) is -0.218. The second-order valence-electron chi connectivity index (χ2n) is 8.80. The van der Waals surface area contributed by atoms with E-state index >= 15 is 0 Å². The smallest absolute Gasteiger partial charge is 0.378 e. The van der Waals surface area contributed by atoms with Gasteiger partial charge in [-0.15, -0.1) is 0 Å². The van der Waals surface area contributed by atoms with Gasteiger partial charge in [0, 0.05) is 47.0 Å². The Labute approximate surface area is 221 Å². The van der Waals surface area contributed by atoms with Crippen LogP contribution < -0.4 is 0 Å². The predicted molar refractivity (Wildman–Crippen MR) is 137 cm³/mol. The lowest BCUT2D eigenvalue weighted by atomic mass is 10.0. The van der Waals surface area contributed by atoms with Gasteiger partial charge in [-0.2, -0.15) is 13.2 Å². The molecule has 0 saturated carbocycles. The number of carbonyl (C=O) groups is 1. The highest BCUT2D eigenvalue weighted by Crippen LogP contribution is 2.36. The zero-order valence-corrected chi connectivity index (χ0v) is 21.3. The summed E-state index contributed by atoms with van der Waals surface area (Å²) in [5, 5.41) is 1.17. The summed E-state index contributed by atoms with van der Waals surface area (Å²) in [6, 6.07) is 15.2. The van der Waals surface area contributed by atoms with Crippen LogP contribution in [0.2, 0.25) is 10.0 Å². The number of amides is 1. The summed E-state index contributed by atoms with van der Waals surface area (Å²) in [6.45, 7) is 3.38. The Bertz CT molecular complexity index is 1480. The van der Waals surface area contributed by atoms with E-state index in [4.69, 9.17) is 27.9 Å². The summed E-state index contributed by atoms with van der Waals surface area (Å²) in [7, 11) is 0. The molecule has 1 saturated heterocycles. The van der Waals surface area contributed by atoms with E-state index in [2.05, 4.69) is 4.98 Å². The lowest BCUT2D eigenvalue weighted by Gasteiger charge is -2.27. The number of rotatable bonds is 4. The van der Waals surface area contributed by atoms with Crippen molar-refractivity contribution in [1.29, 1.82) is 0 Å². The second kappa shape index (κ2) is 10.0. The first-order chi connectivity index (χ1) is 17.6. The standard InChI is InChI=1S/C27H22Cl2F3N3O2/c1-16-20-13-18(35(17-5-3-2-4-6-17)23(20)15-24(33-16)27(30,31)32)14-21-22(28)8-7-19(25(21)29)26(36)34-9-11-37-12-10-34/h2-8,13,15H,9-12,14H2,1H3. The first-order valence-corrected chi connectivity index (χ1v) is 12.4. The van der Waals surface area contributed by atoms with Gasteiger partial charge in [-0.05, 0) is 48.9 Å². The van der Waals surface area contributed by atoms with Gasteiger partial charge in [0.2, 0.25) is 0 Å². The molecule has 2 aromatic carbocycles. The largest absolute Gasteiger partial charge is 0.433 e. The topological polar surface area (TPSA) is 47.4 Å². The summed E-state index contributed by atoms with van der Waals surface area (Å²) < 4.78 is 47.9. The number of pyridine rings is 1. The van der Waals surface area contributed by atoms with Crippen LogP contribution in [0.4, 0.5) is 13.2 Å². The molecule has 0 unspecified atom stereocenters. The number of hydrogen-bond acceptors (Lipinski definition) is 3. The van der Waals surface area contributed by atoms with Gasteiger partial charge in [0.25, 0.3) is 5.91 Å². The number of morpholine rings is 1. The predicted octanol–water partition coefficient (Wildman–Crippen LogP) is 6.72. The normalized spacial score (nSPS) is 14.4. The molecule has 5 rings (SSSR count). The van der Waals surface area contributed by atoms with Gasteiger partial charge in [0.05, 0.1) is 29.3 Å². The molecule has 192 valence electrons. The third-order valence-corrected chi connectivity index (χ3v) is 7.23. The fraction of sp³-hybridized carbons (Fsp3) is 0.259. The highest BCUT2D eigenvalue weighted by atomic mass is 35.5. The Morgan fingerprint density at radius 3 is 2.43 bits per heavy atom. The van der Waals surface area contributed by atoms with Gasteiger partial charge >= 0.3 is 6.18 Å². The molecular weight excluding hydrogens is 526 g/mol. The molecular formula is C27H22Cl2F3N3O2. The van der Waals surface area contributed by atoms with Crippen LogP contribution >= 0.6 is 23.2 Å². The molecule has 10 heteroatoms. The van der Waals surface area contributed by atoms with Crippen LogP contribution in [0.1, 0.15) is 33.0 Å². The lowest BCUT2D eigenvalue weighted by molar-refractivity contribution is -0.141. The molecule has 1 amide bonds. The third kappa shape index (κ3) is 4.93. The highest BCUT2D eigenvalue weighted by Gasteiger charge is 2.34. The van der Waals surface area contributed by atoms with Gasteiger partial charge in [0.15, 0.2) is 0 Å². The minimum atomic E-state index is -4.59. The number of halogens is 5. The van der Waals surface area contributed by atoms with Gasteiger partial charge in [-0.25, -0.2) is 4.98 Å². The zero-order valence-electron chi connectivity index (χ0n) is 19.8. The molecule has 2 aromatic heterocycles. The number of fused-ring (bicyclic) bond motifs is 1. The van der Waals surface area contributed by atoms with Crippen LogP contribution in [0, 0.1) is 6.92 Å². The van der Waals surface area contributed by atoms with E-state index in [1.807, 2.05) is 30.3 Å². The number of benzene rings is 2. The van der Waals surface area contributed by atoms with Crippen molar-refractivity contribution in [3.8, 4) is 5.69 Å². The molecule has 0 spiro atoms. The van der Waals surface area contributed by atoms with Gasteiger partial charge in [0.1, 0.15) is 5.69 Å². The number of nitrogens with zero attached hydrogens (tertiary/aromatic N) is 3. The van der Waals surface area contributed by atoms with Crippen LogP contribution in [0.15, 0.2) is 54.6 Å². The van der Waals surface area contributed by atoms with E-state index in [1.54, 1.807) is 34.6 Å². The Balaban J connectivity index is 1.65. The number of carbonyl (C=O) groups excluding carboxylic acids is 1. The van der Waals surface area contributed by atoms with Gasteiger partial charge < -0.3 is 14.2 Å². The summed E-state index contributed by atoms with van der Waals surface area (Å²) in [4.78, 5) is 18.6. The number of ether oxygens (including phenoxy) is 1. The van der Waals surface area contributed by atoms with Gasteiger partial charge in [-0.1, -0.05) is 41.4 Å². The molecule has 0 radical (unpaired) electrons. The van der Waals surface area contributed by atoms with E-state index in [0.29, 0.717) is 64.7 Å². The first-order valence-electron chi connectivity index (χ1n) is 11.6. The molecule has 0 N–H and O–H groups in total. The van der Waals surface area contributed by atoms with E-state index in [0.717, 1.165) is 6.07 Å². The first kappa shape index (κ1) is 25.6. The maximum atomic E-state index is 13.6. The fourth-order valence-corrected chi connectivity index (χ4v) is 5.20. The summed E-state index contributed by atoms with van der Waals surface area (Å²) >= 11 is 13.3. The third-order valence-electron chi connectivity index (χ3n) is 6.44. The van der Waals surface area contributed by atoms with Crippen LogP contribution in [-0.4, -0.2) is 46.7 Å². The summed E-state index contributed by atoms with van der Waals surface area (Å²) in [5.41, 5.74) is 1.84. The fourth-order valence-electron chi connectivity index (χ4n) is 4.62. The average molecular weight is 548 g/mol. The van der Waals surface area contributed by atoms with Crippen LogP contribution in [0.25, 0.3) is 16.6 Å². The lowest BCUT2D eigenvalue weighted by Crippen LogP contribution is -2.40. The van der Waals surface area contributed by atoms with Gasteiger partial charge in [-0.3, -0.25) is 4.79 Å². The molecule has 0 atom stereocenters. The van der Waals surface area contributed by atoms with Crippen molar-refractivity contribution in [1.82, 2.24) is 14.5 Å². The van der Waals surface area contributed by atoms with Crippen molar-refractivity contribution in [2.24, 2.45) is 0 Å². The van der Waals surface area contributed by atoms with E-state index in [9.17, 15) is 18.0 Å². The van der Waals surface area contributed by atoms with E-state index in [1.165, 1.54) is 0 Å². The molecule has 4 aromatic rings. The Morgan fingerprint density at radius 1 is 1.05 bits per heavy atom. The SMILES string of the molecule is Cc1nc(C(F)(F)F)cc2c1cc(Cc1c(Cl)ccc(C(=O)N3CCOCC3)c1Cl)n2-c1ccccc1. The molecule has 1 aliphatic rings. The second-order valence-corrected chi connectivity index (χ2v) is 9.58. The number of aromatic nitrogens is 2. The van der Waals surface area contributed by atoms with Crippen molar-refractivity contribution < 1.29 is 22.7 Å². The number of aryl methyl sites for hydroxylation is 1. The van der Waals surface area contributed by atoms with Crippen molar-refractivity contribution >= 4 is 40.0 Å². The number of para-hydroxylation sites is 1. The Kier molecular flexibility index (Phi) is 6.91. The molecule has 0 bridgehead atoms. The quantitative estimate of drug-likeness (QED) is 0.285. The van der Waals surface area contributed by atoms with Crippen LogP contribution in [0.3, 0.4) is 0 Å². The minimum absolute atomic E-state index is 0.187. The molecule has 1 fully saturated rings. The highest BCUT2D eigenvalue weighted by molar-refractivity contribution is 6.38. The minimum Gasteiger partial charge on any atom is -0.378 e. The number of alkyl halides is 3. The monoisotopic (exact) mass is 547 g/mol. The summed E-state index contributed by atoms with van der Waals surface area (Å²) in [6.07, 6.45) is -4.40. The molecule has 5 nitrogen and oxygen atoms in total. The van der Waals surface area contributed by atoms with Crippen LogP contribution in [-0.2, 0) is 17.3 Å². The molecule has 37 heavy (non-hydrogen) atoms. The maximum absolute atomic E-state index is 13.6. The molecule has 1 aliphatic heterocycles. The van der Waals surface area contributed by atoms with Crippen molar-refractivity contribution in [2.75, 3.05) is 26.3 Å². The van der Waals surface area contributed by atoms with E-state index < -0.39 is 11.9 Å². The van der Waals surface area contributed by atoms with E-state index in [-0.39, 0.29) is 23.0 Å².